The standard InChI is InChI=1S/C26H29F6NO4/c1-24(2,3)37-23(34)9-10-33-11-12-35-22(15-33)20-8-7-19(14-21(20)26(30,31)32)36-16-17-5-4-6-18(13-17)25(27,28)29/h4-8,13-14,22H,9-12,15-16H2,1-3H3. The molecule has 0 saturated carbocycles. The first-order valence-corrected chi connectivity index (χ1v) is 11.7. The zero-order valence-electron chi connectivity index (χ0n) is 20.7. The largest absolute Gasteiger partial charge is 0.489 e. The van der Waals surface area contributed by atoms with Gasteiger partial charge in [-0.05, 0) is 56.2 Å². The van der Waals surface area contributed by atoms with E-state index < -0.39 is 41.2 Å². The van der Waals surface area contributed by atoms with Crippen LogP contribution >= 0.6 is 0 Å². The first kappa shape index (κ1) is 28.8. The molecular weight excluding hydrogens is 504 g/mol. The third kappa shape index (κ3) is 8.63. The van der Waals surface area contributed by atoms with Gasteiger partial charge < -0.3 is 14.2 Å². The SMILES string of the molecule is CC(C)(C)OC(=O)CCN1CCOC(c2ccc(OCc3cccc(C(F)(F)F)c3)cc2C(F)(F)F)C1. The number of nitrogens with zero attached hydrogens (tertiary/aromatic N) is 1. The summed E-state index contributed by atoms with van der Waals surface area (Å²) in [7, 11) is 0. The van der Waals surface area contributed by atoms with Gasteiger partial charge in [-0.2, -0.15) is 26.3 Å². The summed E-state index contributed by atoms with van der Waals surface area (Å²) < 4.78 is 96.8. The summed E-state index contributed by atoms with van der Waals surface area (Å²) in [6, 6.07) is 7.82. The molecule has 0 aliphatic carbocycles. The lowest BCUT2D eigenvalue weighted by molar-refractivity contribution is -0.155. The highest BCUT2D eigenvalue weighted by Crippen LogP contribution is 2.39. The lowest BCUT2D eigenvalue weighted by atomic mass is 10.00. The van der Waals surface area contributed by atoms with Gasteiger partial charge in [0.1, 0.15) is 18.0 Å². The van der Waals surface area contributed by atoms with Crippen LogP contribution in [0.5, 0.6) is 5.75 Å². The maximum atomic E-state index is 13.9. The number of halogens is 6. The number of carbonyl (C=O) groups excluding carboxylic acids is 1. The summed E-state index contributed by atoms with van der Waals surface area (Å²) in [5.41, 5.74) is -2.36. The number of benzene rings is 2. The van der Waals surface area contributed by atoms with E-state index in [1.807, 2.05) is 4.90 Å². The second-order valence-electron chi connectivity index (χ2n) is 9.73. The van der Waals surface area contributed by atoms with Crippen molar-refractivity contribution in [3.63, 3.8) is 0 Å². The van der Waals surface area contributed by atoms with Crippen molar-refractivity contribution in [3.05, 3.63) is 64.7 Å². The van der Waals surface area contributed by atoms with Crippen LogP contribution in [0.1, 0.15) is 55.5 Å². The highest BCUT2D eigenvalue weighted by Gasteiger charge is 2.37. The average molecular weight is 534 g/mol. The van der Waals surface area contributed by atoms with Gasteiger partial charge in [-0.3, -0.25) is 9.69 Å². The first-order valence-electron chi connectivity index (χ1n) is 11.7. The zero-order valence-corrected chi connectivity index (χ0v) is 20.7. The van der Waals surface area contributed by atoms with E-state index in [0.29, 0.717) is 13.1 Å². The van der Waals surface area contributed by atoms with Gasteiger partial charge in [0.2, 0.25) is 0 Å². The summed E-state index contributed by atoms with van der Waals surface area (Å²) in [5, 5.41) is 0. The minimum atomic E-state index is -4.72. The van der Waals surface area contributed by atoms with Crippen molar-refractivity contribution >= 4 is 5.97 Å². The Balaban J connectivity index is 1.70. The normalized spacial score (nSPS) is 17.5. The minimum Gasteiger partial charge on any atom is -0.489 e. The van der Waals surface area contributed by atoms with E-state index >= 15 is 0 Å². The Kier molecular flexibility index (Phi) is 8.79. The minimum absolute atomic E-state index is 0.0825. The molecule has 0 radical (unpaired) electrons. The molecule has 1 atom stereocenters. The van der Waals surface area contributed by atoms with Crippen LogP contribution < -0.4 is 4.74 Å². The summed E-state index contributed by atoms with van der Waals surface area (Å²) in [6.45, 7) is 6.02. The molecular formula is C26H29F6NO4. The molecule has 37 heavy (non-hydrogen) atoms. The Hall–Kier alpha value is -2.79. The Bertz CT molecular complexity index is 1080. The van der Waals surface area contributed by atoms with Gasteiger partial charge in [0.25, 0.3) is 0 Å². The number of hydrogen-bond acceptors (Lipinski definition) is 5. The van der Waals surface area contributed by atoms with Gasteiger partial charge in [0.05, 0.1) is 30.3 Å². The number of esters is 1. The number of carbonyl (C=O) groups is 1. The number of rotatable bonds is 7. The average Bonchev–Trinajstić information content (AvgIpc) is 2.79. The van der Waals surface area contributed by atoms with Crippen molar-refractivity contribution in [2.24, 2.45) is 0 Å². The van der Waals surface area contributed by atoms with Crippen molar-refractivity contribution in [2.75, 3.05) is 26.2 Å². The van der Waals surface area contributed by atoms with Crippen LogP contribution in [0.4, 0.5) is 26.3 Å². The molecule has 1 unspecified atom stereocenters. The molecule has 1 heterocycles. The van der Waals surface area contributed by atoms with E-state index in [2.05, 4.69) is 0 Å². The molecule has 2 aromatic carbocycles. The molecule has 3 rings (SSSR count). The molecule has 1 saturated heterocycles. The Labute approximate surface area is 211 Å². The summed E-state index contributed by atoms with van der Waals surface area (Å²) in [4.78, 5) is 13.9. The van der Waals surface area contributed by atoms with Crippen molar-refractivity contribution in [3.8, 4) is 5.75 Å². The lowest BCUT2D eigenvalue weighted by Gasteiger charge is -2.34. The molecule has 2 aromatic rings. The van der Waals surface area contributed by atoms with E-state index in [4.69, 9.17) is 14.2 Å². The van der Waals surface area contributed by atoms with Gasteiger partial charge in [-0.15, -0.1) is 0 Å². The van der Waals surface area contributed by atoms with E-state index in [-0.39, 0.29) is 43.1 Å². The molecule has 11 heteroatoms. The van der Waals surface area contributed by atoms with Crippen LogP contribution in [-0.2, 0) is 33.2 Å². The third-order valence-corrected chi connectivity index (χ3v) is 5.54. The molecule has 0 amide bonds. The van der Waals surface area contributed by atoms with Gasteiger partial charge in [0, 0.05) is 19.6 Å². The molecule has 1 aliphatic rings. The van der Waals surface area contributed by atoms with Gasteiger partial charge >= 0.3 is 18.3 Å². The van der Waals surface area contributed by atoms with Crippen LogP contribution in [0.15, 0.2) is 42.5 Å². The van der Waals surface area contributed by atoms with Crippen LogP contribution in [0, 0.1) is 0 Å². The zero-order chi connectivity index (χ0) is 27.4. The van der Waals surface area contributed by atoms with Crippen LogP contribution in [0.25, 0.3) is 0 Å². The van der Waals surface area contributed by atoms with Crippen LogP contribution in [-0.4, -0.2) is 42.7 Å². The quantitative estimate of drug-likeness (QED) is 0.304. The van der Waals surface area contributed by atoms with Crippen molar-refractivity contribution in [2.45, 2.75) is 57.9 Å². The van der Waals surface area contributed by atoms with Gasteiger partial charge in [-0.25, -0.2) is 0 Å². The predicted molar refractivity (Wildman–Crippen MR) is 123 cm³/mol. The first-order chi connectivity index (χ1) is 17.1. The fraction of sp³-hybridized carbons (Fsp3) is 0.500. The van der Waals surface area contributed by atoms with E-state index in [1.54, 1.807) is 20.8 Å². The number of ether oxygens (including phenoxy) is 3. The van der Waals surface area contributed by atoms with E-state index in [1.165, 1.54) is 24.3 Å². The third-order valence-electron chi connectivity index (χ3n) is 5.54. The number of alkyl halides is 6. The van der Waals surface area contributed by atoms with Crippen LogP contribution in [0.2, 0.25) is 0 Å². The molecule has 1 fully saturated rings. The Morgan fingerprint density at radius 2 is 1.76 bits per heavy atom. The number of hydrogen-bond donors (Lipinski definition) is 0. The summed E-state index contributed by atoms with van der Waals surface area (Å²) >= 11 is 0. The number of morpholine rings is 1. The fourth-order valence-electron chi connectivity index (χ4n) is 3.89. The topological polar surface area (TPSA) is 48.0 Å². The molecule has 204 valence electrons. The molecule has 1 aliphatic heterocycles. The fourth-order valence-corrected chi connectivity index (χ4v) is 3.89. The van der Waals surface area contributed by atoms with Gasteiger partial charge in [-0.1, -0.05) is 18.2 Å². The summed E-state index contributed by atoms with van der Waals surface area (Å²) in [5.74, 6) is -0.528. The molecule has 0 spiro atoms. The van der Waals surface area contributed by atoms with Crippen molar-refractivity contribution < 1.29 is 45.3 Å². The highest BCUT2D eigenvalue weighted by atomic mass is 19.4. The Morgan fingerprint density at radius 3 is 2.41 bits per heavy atom. The molecule has 0 aromatic heterocycles. The second kappa shape index (κ2) is 11.3. The van der Waals surface area contributed by atoms with E-state index in [0.717, 1.165) is 18.2 Å². The van der Waals surface area contributed by atoms with Crippen molar-refractivity contribution in [1.82, 2.24) is 4.90 Å². The van der Waals surface area contributed by atoms with Gasteiger partial charge in [0.15, 0.2) is 0 Å². The molecule has 0 bridgehead atoms. The predicted octanol–water partition coefficient (Wildman–Crippen LogP) is 6.41. The maximum Gasteiger partial charge on any atom is 0.416 e. The molecule has 0 N–H and O–H groups in total. The van der Waals surface area contributed by atoms with Crippen LogP contribution in [0.3, 0.4) is 0 Å². The van der Waals surface area contributed by atoms with E-state index in [9.17, 15) is 31.1 Å². The second-order valence-corrected chi connectivity index (χ2v) is 9.73. The highest BCUT2D eigenvalue weighted by molar-refractivity contribution is 5.70. The van der Waals surface area contributed by atoms with Crippen molar-refractivity contribution in [1.29, 1.82) is 0 Å². The molecule has 5 nitrogen and oxygen atoms in total. The monoisotopic (exact) mass is 533 g/mol. The maximum absolute atomic E-state index is 13.9. The lowest BCUT2D eigenvalue weighted by Crippen LogP contribution is -2.40. The smallest absolute Gasteiger partial charge is 0.416 e. The Morgan fingerprint density at radius 1 is 1.03 bits per heavy atom. The summed E-state index contributed by atoms with van der Waals surface area (Å²) in [6.07, 6.45) is -10.0.